The van der Waals surface area contributed by atoms with E-state index in [0.717, 1.165) is 31.4 Å². The average Bonchev–Trinajstić information content (AvgIpc) is 3.08. The zero-order valence-electron chi connectivity index (χ0n) is 11.9. The van der Waals surface area contributed by atoms with Crippen molar-refractivity contribution < 1.29 is 4.79 Å². The maximum absolute atomic E-state index is 12.5. The molecule has 1 amide bonds. The van der Waals surface area contributed by atoms with Crippen molar-refractivity contribution in [1.29, 1.82) is 0 Å². The molecule has 0 bridgehead atoms. The summed E-state index contributed by atoms with van der Waals surface area (Å²) < 4.78 is 0. The van der Waals surface area contributed by atoms with Crippen LogP contribution in [0.25, 0.3) is 0 Å². The number of thiophene rings is 1. The van der Waals surface area contributed by atoms with Gasteiger partial charge in [-0.05, 0) is 36.4 Å². The molecule has 1 aliphatic heterocycles. The van der Waals surface area contributed by atoms with Crippen molar-refractivity contribution in [3.8, 4) is 0 Å². The molecule has 1 fully saturated rings. The molecular weight excluding hydrogens is 280 g/mol. The highest BCUT2D eigenvalue weighted by atomic mass is 32.1. The molecule has 2 heterocycles. The van der Waals surface area contributed by atoms with E-state index in [1.165, 1.54) is 4.88 Å². The van der Waals surface area contributed by atoms with Gasteiger partial charge in [0.1, 0.15) is 0 Å². The second-order valence-electron chi connectivity index (χ2n) is 5.37. The lowest BCUT2D eigenvalue weighted by Gasteiger charge is -2.26. The number of amides is 1. The Labute approximate surface area is 129 Å². The number of rotatable bonds is 4. The van der Waals surface area contributed by atoms with Gasteiger partial charge in [0, 0.05) is 4.88 Å². The van der Waals surface area contributed by atoms with E-state index in [1.54, 1.807) is 11.3 Å². The molecule has 0 saturated carbocycles. The molecule has 3 nitrogen and oxygen atoms in total. The van der Waals surface area contributed by atoms with Crippen LogP contribution >= 0.6 is 11.3 Å². The average molecular weight is 300 g/mol. The minimum atomic E-state index is -0.0533. The fourth-order valence-corrected chi connectivity index (χ4v) is 3.54. The number of carbonyl (C=O) groups excluding carboxylic acids is 1. The Kier molecular flexibility index (Phi) is 4.68. The van der Waals surface area contributed by atoms with Gasteiger partial charge in [-0.1, -0.05) is 42.8 Å². The van der Waals surface area contributed by atoms with Gasteiger partial charge < -0.3 is 10.6 Å². The molecule has 0 radical (unpaired) electrons. The van der Waals surface area contributed by atoms with Gasteiger partial charge in [-0.3, -0.25) is 4.79 Å². The summed E-state index contributed by atoms with van der Waals surface area (Å²) in [4.78, 5) is 13.7. The second-order valence-corrected chi connectivity index (χ2v) is 6.35. The fourth-order valence-electron chi connectivity index (χ4n) is 2.74. The van der Waals surface area contributed by atoms with Crippen LogP contribution < -0.4 is 10.6 Å². The SMILES string of the molecule is O=C(NC(c1ccccc1)c1cccs1)[C@@H]1CCCCN1. The summed E-state index contributed by atoms with van der Waals surface area (Å²) in [5, 5.41) is 8.58. The van der Waals surface area contributed by atoms with Crippen LogP contribution in [0, 0.1) is 0 Å². The number of hydrogen-bond donors (Lipinski definition) is 2. The summed E-state index contributed by atoms with van der Waals surface area (Å²) in [6, 6.07) is 14.2. The summed E-state index contributed by atoms with van der Waals surface area (Å²) in [5.74, 6) is 0.108. The molecule has 1 aromatic carbocycles. The number of hydrogen-bond acceptors (Lipinski definition) is 3. The molecule has 2 atom stereocenters. The lowest BCUT2D eigenvalue weighted by atomic mass is 10.0. The van der Waals surface area contributed by atoms with E-state index in [9.17, 15) is 4.79 Å². The maximum Gasteiger partial charge on any atom is 0.237 e. The molecule has 1 aromatic heterocycles. The molecule has 1 saturated heterocycles. The second kappa shape index (κ2) is 6.87. The van der Waals surface area contributed by atoms with Crippen LogP contribution in [0.3, 0.4) is 0 Å². The van der Waals surface area contributed by atoms with Gasteiger partial charge in [0.05, 0.1) is 12.1 Å². The zero-order valence-corrected chi connectivity index (χ0v) is 12.7. The molecule has 1 unspecified atom stereocenters. The van der Waals surface area contributed by atoms with Crippen LogP contribution in [-0.4, -0.2) is 18.5 Å². The largest absolute Gasteiger partial charge is 0.343 e. The third kappa shape index (κ3) is 3.52. The van der Waals surface area contributed by atoms with E-state index in [1.807, 2.05) is 24.3 Å². The van der Waals surface area contributed by atoms with Crippen molar-refractivity contribution in [3.05, 3.63) is 58.3 Å². The normalized spacial score (nSPS) is 19.9. The van der Waals surface area contributed by atoms with Crippen LogP contribution in [0.4, 0.5) is 0 Å². The zero-order chi connectivity index (χ0) is 14.5. The lowest BCUT2D eigenvalue weighted by Crippen LogP contribution is -2.47. The smallest absolute Gasteiger partial charge is 0.237 e. The maximum atomic E-state index is 12.5. The Morgan fingerprint density at radius 1 is 1.19 bits per heavy atom. The molecule has 21 heavy (non-hydrogen) atoms. The highest BCUT2D eigenvalue weighted by molar-refractivity contribution is 7.10. The molecule has 0 spiro atoms. The van der Waals surface area contributed by atoms with E-state index in [-0.39, 0.29) is 18.0 Å². The summed E-state index contributed by atoms with van der Waals surface area (Å²) in [7, 11) is 0. The Bertz CT molecular complexity index is 562. The highest BCUT2D eigenvalue weighted by Gasteiger charge is 2.24. The first-order valence-electron chi connectivity index (χ1n) is 7.47. The van der Waals surface area contributed by atoms with Gasteiger partial charge in [-0.15, -0.1) is 11.3 Å². The number of carbonyl (C=O) groups is 1. The van der Waals surface area contributed by atoms with Crippen molar-refractivity contribution in [3.63, 3.8) is 0 Å². The van der Waals surface area contributed by atoms with E-state index < -0.39 is 0 Å². The monoisotopic (exact) mass is 300 g/mol. The lowest BCUT2D eigenvalue weighted by molar-refractivity contribution is -0.124. The van der Waals surface area contributed by atoms with Crippen molar-refractivity contribution in [1.82, 2.24) is 10.6 Å². The van der Waals surface area contributed by atoms with E-state index >= 15 is 0 Å². The molecule has 110 valence electrons. The van der Waals surface area contributed by atoms with Gasteiger partial charge >= 0.3 is 0 Å². The molecule has 0 aliphatic carbocycles. The first kappa shape index (κ1) is 14.3. The van der Waals surface area contributed by atoms with Crippen LogP contribution in [-0.2, 0) is 4.79 Å². The molecular formula is C17H20N2OS. The fraction of sp³-hybridized carbons (Fsp3) is 0.353. The van der Waals surface area contributed by atoms with Gasteiger partial charge in [0.15, 0.2) is 0 Å². The Morgan fingerprint density at radius 2 is 2.05 bits per heavy atom. The summed E-state index contributed by atoms with van der Waals surface area (Å²) in [6.07, 6.45) is 3.22. The molecule has 2 aromatic rings. The van der Waals surface area contributed by atoms with Crippen LogP contribution in [0.1, 0.15) is 35.7 Å². The van der Waals surface area contributed by atoms with Crippen molar-refractivity contribution in [2.45, 2.75) is 31.3 Å². The van der Waals surface area contributed by atoms with Gasteiger partial charge in [-0.25, -0.2) is 0 Å². The van der Waals surface area contributed by atoms with E-state index in [2.05, 4.69) is 34.2 Å². The molecule has 1 aliphatic rings. The summed E-state index contributed by atoms with van der Waals surface area (Å²) >= 11 is 1.68. The predicted octanol–water partition coefficient (Wildman–Crippen LogP) is 3.10. The van der Waals surface area contributed by atoms with Crippen LogP contribution in [0.5, 0.6) is 0 Å². The Balaban J connectivity index is 1.78. The Morgan fingerprint density at radius 3 is 2.71 bits per heavy atom. The quantitative estimate of drug-likeness (QED) is 0.911. The standard InChI is InChI=1S/C17H20N2OS/c20-17(14-9-4-5-11-18-14)19-16(15-10-6-12-21-15)13-7-2-1-3-8-13/h1-3,6-8,10,12,14,16,18H,4-5,9,11H2,(H,19,20)/t14-,16?/m0/s1. The first-order chi connectivity index (χ1) is 10.3. The minimum Gasteiger partial charge on any atom is -0.343 e. The highest BCUT2D eigenvalue weighted by Crippen LogP contribution is 2.26. The van der Waals surface area contributed by atoms with E-state index in [4.69, 9.17) is 0 Å². The van der Waals surface area contributed by atoms with Gasteiger partial charge in [0.25, 0.3) is 0 Å². The van der Waals surface area contributed by atoms with Crippen molar-refractivity contribution in [2.24, 2.45) is 0 Å². The van der Waals surface area contributed by atoms with Crippen molar-refractivity contribution >= 4 is 17.2 Å². The summed E-state index contributed by atoms with van der Waals surface area (Å²) in [6.45, 7) is 0.938. The van der Waals surface area contributed by atoms with Crippen LogP contribution in [0.15, 0.2) is 47.8 Å². The third-order valence-corrected chi connectivity index (χ3v) is 4.81. The van der Waals surface area contributed by atoms with Gasteiger partial charge in [-0.2, -0.15) is 0 Å². The van der Waals surface area contributed by atoms with Crippen LogP contribution in [0.2, 0.25) is 0 Å². The summed E-state index contributed by atoms with van der Waals surface area (Å²) in [5.41, 5.74) is 1.13. The van der Waals surface area contributed by atoms with Gasteiger partial charge in [0.2, 0.25) is 5.91 Å². The first-order valence-corrected chi connectivity index (χ1v) is 8.34. The Hall–Kier alpha value is -1.65. The third-order valence-electron chi connectivity index (χ3n) is 3.87. The topological polar surface area (TPSA) is 41.1 Å². The predicted molar refractivity (Wildman–Crippen MR) is 86.4 cm³/mol. The molecule has 3 rings (SSSR count). The number of piperidine rings is 1. The minimum absolute atomic E-state index is 0.0510. The van der Waals surface area contributed by atoms with Crippen molar-refractivity contribution in [2.75, 3.05) is 6.54 Å². The van der Waals surface area contributed by atoms with E-state index in [0.29, 0.717) is 0 Å². The molecule has 4 heteroatoms. The number of benzene rings is 1. The number of nitrogens with one attached hydrogen (secondary N) is 2. The molecule has 2 N–H and O–H groups in total.